The fourth-order valence-electron chi connectivity index (χ4n) is 2.39. The quantitative estimate of drug-likeness (QED) is 0.828. The third-order valence-electron chi connectivity index (χ3n) is 3.71. The molecule has 3 N–H and O–H groups in total. The Morgan fingerprint density at radius 2 is 1.94 bits per heavy atom. The van der Waals surface area contributed by atoms with Crippen molar-refractivity contribution in [2.75, 3.05) is 0 Å². The molecule has 1 saturated carbocycles. The van der Waals surface area contributed by atoms with Crippen molar-refractivity contribution in [3.63, 3.8) is 0 Å². The van der Waals surface area contributed by atoms with Crippen LogP contribution in [0.4, 0.5) is 0 Å². The Bertz CT molecular complexity index is 521. The first-order valence-electron chi connectivity index (χ1n) is 6.09. The molecule has 0 spiro atoms. The highest BCUT2D eigenvalue weighted by molar-refractivity contribution is 5.59. The number of H-pyrrole nitrogens is 1. The minimum Gasteiger partial charge on any atom is -0.321 e. The van der Waals surface area contributed by atoms with Gasteiger partial charge in [-0.05, 0) is 37.8 Å². The second kappa shape index (κ2) is 3.70. The van der Waals surface area contributed by atoms with Crippen molar-refractivity contribution in [1.29, 1.82) is 0 Å². The summed E-state index contributed by atoms with van der Waals surface area (Å²) in [6.45, 7) is 2.01. The Labute approximate surface area is 101 Å². The van der Waals surface area contributed by atoms with Crippen LogP contribution in [0.3, 0.4) is 0 Å². The van der Waals surface area contributed by atoms with Crippen LogP contribution in [0, 0.1) is 6.92 Å². The highest BCUT2D eigenvalue weighted by atomic mass is 15.1. The van der Waals surface area contributed by atoms with Gasteiger partial charge in [0.2, 0.25) is 0 Å². The van der Waals surface area contributed by atoms with Crippen LogP contribution >= 0.6 is 0 Å². The van der Waals surface area contributed by atoms with E-state index in [1.165, 1.54) is 12.0 Å². The molecule has 0 aliphatic heterocycles. The van der Waals surface area contributed by atoms with Crippen LogP contribution in [0.15, 0.2) is 30.3 Å². The Morgan fingerprint density at radius 1 is 1.24 bits per heavy atom. The van der Waals surface area contributed by atoms with E-state index in [2.05, 4.69) is 40.5 Å². The molecule has 1 aromatic carbocycles. The van der Waals surface area contributed by atoms with Gasteiger partial charge < -0.3 is 5.73 Å². The lowest BCUT2D eigenvalue weighted by Gasteiger charge is -2.38. The summed E-state index contributed by atoms with van der Waals surface area (Å²) in [4.78, 5) is 0. The van der Waals surface area contributed by atoms with Crippen molar-refractivity contribution >= 4 is 0 Å². The summed E-state index contributed by atoms with van der Waals surface area (Å²) in [6.07, 6.45) is 3.46. The molecule has 0 unspecified atom stereocenters. The van der Waals surface area contributed by atoms with Gasteiger partial charge in [-0.15, -0.1) is 0 Å². The molecule has 88 valence electrons. The first-order valence-corrected chi connectivity index (χ1v) is 6.09. The molecule has 0 bridgehead atoms. The number of aromatic nitrogens is 2. The molecule has 3 nitrogen and oxygen atoms in total. The van der Waals surface area contributed by atoms with E-state index in [-0.39, 0.29) is 5.54 Å². The van der Waals surface area contributed by atoms with E-state index in [1.54, 1.807) is 0 Å². The summed E-state index contributed by atoms with van der Waals surface area (Å²) in [5, 5.41) is 7.22. The molecule has 0 atom stereocenters. The zero-order valence-corrected chi connectivity index (χ0v) is 10.0. The largest absolute Gasteiger partial charge is 0.321 e. The topological polar surface area (TPSA) is 54.7 Å². The molecular weight excluding hydrogens is 210 g/mol. The van der Waals surface area contributed by atoms with Crippen LogP contribution in [0.5, 0.6) is 0 Å². The highest BCUT2D eigenvalue weighted by Crippen LogP contribution is 2.38. The van der Waals surface area contributed by atoms with E-state index in [0.29, 0.717) is 0 Å². The van der Waals surface area contributed by atoms with Gasteiger partial charge >= 0.3 is 0 Å². The van der Waals surface area contributed by atoms with Gasteiger partial charge in [-0.2, -0.15) is 5.10 Å². The van der Waals surface area contributed by atoms with Gasteiger partial charge in [-0.25, -0.2) is 0 Å². The van der Waals surface area contributed by atoms with Crippen molar-refractivity contribution in [3.8, 4) is 11.3 Å². The van der Waals surface area contributed by atoms with Gasteiger partial charge in [-0.3, -0.25) is 5.10 Å². The fourth-order valence-corrected chi connectivity index (χ4v) is 2.39. The maximum absolute atomic E-state index is 6.30. The summed E-state index contributed by atoms with van der Waals surface area (Å²) < 4.78 is 0. The van der Waals surface area contributed by atoms with Crippen molar-refractivity contribution in [3.05, 3.63) is 41.6 Å². The number of aromatic amines is 1. The van der Waals surface area contributed by atoms with Crippen LogP contribution in [0.2, 0.25) is 0 Å². The predicted molar refractivity (Wildman–Crippen MR) is 68.5 cm³/mol. The lowest BCUT2D eigenvalue weighted by molar-refractivity contribution is 0.253. The Kier molecular flexibility index (Phi) is 2.30. The molecule has 3 rings (SSSR count). The van der Waals surface area contributed by atoms with Crippen LogP contribution in [0.1, 0.15) is 30.5 Å². The highest BCUT2D eigenvalue weighted by Gasteiger charge is 2.33. The van der Waals surface area contributed by atoms with Crippen LogP contribution < -0.4 is 5.73 Å². The van der Waals surface area contributed by atoms with Gasteiger partial charge in [0.05, 0.1) is 5.69 Å². The molecule has 0 radical (unpaired) electrons. The first kappa shape index (κ1) is 10.5. The molecule has 1 aromatic heterocycles. The number of benzene rings is 1. The van der Waals surface area contributed by atoms with Crippen LogP contribution in [0.25, 0.3) is 11.3 Å². The van der Waals surface area contributed by atoms with E-state index in [0.717, 1.165) is 29.8 Å². The number of hydrogen-bond donors (Lipinski definition) is 2. The first-order chi connectivity index (χ1) is 8.17. The predicted octanol–water partition coefficient (Wildman–Crippen LogP) is 2.72. The number of nitrogens with one attached hydrogen (secondary N) is 1. The average molecular weight is 227 g/mol. The van der Waals surface area contributed by atoms with Gasteiger partial charge in [0.1, 0.15) is 0 Å². The maximum atomic E-state index is 6.30. The van der Waals surface area contributed by atoms with Crippen molar-refractivity contribution in [2.45, 2.75) is 31.7 Å². The van der Waals surface area contributed by atoms with E-state index in [1.807, 2.05) is 6.92 Å². The second-order valence-corrected chi connectivity index (χ2v) is 5.02. The minimum atomic E-state index is -0.0694. The third-order valence-corrected chi connectivity index (χ3v) is 3.71. The van der Waals surface area contributed by atoms with Gasteiger partial charge in [0, 0.05) is 16.8 Å². The zero-order chi connectivity index (χ0) is 11.9. The van der Waals surface area contributed by atoms with E-state index >= 15 is 0 Å². The summed E-state index contributed by atoms with van der Waals surface area (Å²) in [5.74, 6) is 0. The van der Waals surface area contributed by atoms with Crippen molar-refractivity contribution < 1.29 is 0 Å². The molecule has 3 heteroatoms. The number of aryl methyl sites for hydroxylation is 1. The number of nitrogens with zero attached hydrogens (tertiary/aromatic N) is 1. The Hall–Kier alpha value is -1.61. The van der Waals surface area contributed by atoms with Gasteiger partial charge in [0.25, 0.3) is 0 Å². The molecule has 2 aromatic rings. The normalized spacial score (nSPS) is 17.8. The van der Waals surface area contributed by atoms with Gasteiger partial charge in [-0.1, -0.05) is 24.3 Å². The summed E-state index contributed by atoms with van der Waals surface area (Å²) in [6, 6.07) is 10.5. The maximum Gasteiger partial charge on any atom is 0.0923 e. The van der Waals surface area contributed by atoms with E-state index in [9.17, 15) is 0 Å². The second-order valence-electron chi connectivity index (χ2n) is 5.02. The van der Waals surface area contributed by atoms with E-state index < -0.39 is 0 Å². The minimum absolute atomic E-state index is 0.0694. The van der Waals surface area contributed by atoms with Crippen molar-refractivity contribution in [1.82, 2.24) is 10.2 Å². The molecule has 1 aliphatic rings. The zero-order valence-electron chi connectivity index (χ0n) is 10.0. The average Bonchev–Trinajstić information content (AvgIpc) is 2.73. The number of nitrogens with two attached hydrogens (primary N) is 1. The molecule has 1 fully saturated rings. The summed E-state index contributed by atoms with van der Waals surface area (Å²) in [5.41, 5.74) is 10.7. The Balaban J connectivity index is 1.90. The number of hydrogen-bond acceptors (Lipinski definition) is 2. The monoisotopic (exact) mass is 227 g/mol. The third kappa shape index (κ3) is 1.76. The molecule has 0 amide bonds. The van der Waals surface area contributed by atoms with E-state index in [4.69, 9.17) is 5.73 Å². The Morgan fingerprint density at radius 3 is 2.41 bits per heavy atom. The van der Waals surface area contributed by atoms with Crippen molar-refractivity contribution in [2.24, 2.45) is 5.73 Å². The lowest BCUT2D eigenvalue weighted by atomic mass is 9.72. The molecule has 1 aliphatic carbocycles. The molecule has 17 heavy (non-hydrogen) atoms. The smallest absolute Gasteiger partial charge is 0.0923 e. The molecule has 0 saturated heterocycles. The summed E-state index contributed by atoms with van der Waals surface area (Å²) in [7, 11) is 0. The van der Waals surface area contributed by atoms with Crippen LogP contribution in [-0.2, 0) is 5.54 Å². The SMILES string of the molecule is Cc1cc(-c2ccc(C3(N)CCC3)cc2)n[nH]1. The number of rotatable bonds is 2. The summed E-state index contributed by atoms with van der Waals surface area (Å²) >= 11 is 0. The fraction of sp³-hybridized carbons (Fsp3) is 0.357. The standard InChI is InChI=1S/C14H17N3/c1-10-9-13(17-16-10)11-3-5-12(6-4-11)14(15)7-2-8-14/h3-6,9H,2,7-8,15H2,1H3,(H,16,17). The molecular formula is C14H17N3. The van der Waals surface area contributed by atoms with Crippen LogP contribution in [-0.4, -0.2) is 10.2 Å². The van der Waals surface area contributed by atoms with Gasteiger partial charge in [0.15, 0.2) is 0 Å². The molecule has 1 heterocycles. The lowest BCUT2D eigenvalue weighted by Crippen LogP contribution is -2.43.